The average molecular weight is 402 g/mol. The third-order valence-electron chi connectivity index (χ3n) is 4.09. The van der Waals surface area contributed by atoms with Crippen molar-refractivity contribution in [3.63, 3.8) is 0 Å². The highest BCUT2D eigenvalue weighted by Gasteiger charge is 2.25. The maximum absolute atomic E-state index is 12.4. The number of hydrogen-bond acceptors (Lipinski definition) is 6. The van der Waals surface area contributed by atoms with Gasteiger partial charge in [0.1, 0.15) is 10.4 Å². The summed E-state index contributed by atoms with van der Waals surface area (Å²) in [7, 11) is 0. The van der Waals surface area contributed by atoms with E-state index in [4.69, 9.17) is 11.6 Å². The predicted molar refractivity (Wildman–Crippen MR) is 109 cm³/mol. The standard InChI is InChI=1S/C19H16ClN3O3S/c1-11(24)15-18(21-10-12-6-4-3-5-7-12)16-14(23(25)26)9-8-13(20)17(16)22-19(15)27-2/h3-9H,10H2,1-2H3,(H,21,22). The van der Waals surface area contributed by atoms with Crippen LogP contribution in [0.15, 0.2) is 47.5 Å². The minimum Gasteiger partial charge on any atom is -0.380 e. The van der Waals surface area contributed by atoms with E-state index in [-0.39, 0.29) is 16.9 Å². The number of halogens is 1. The van der Waals surface area contributed by atoms with Gasteiger partial charge in [0.25, 0.3) is 5.69 Å². The van der Waals surface area contributed by atoms with Crippen LogP contribution in [0.3, 0.4) is 0 Å². The van der Waals surface area contributed by atoms with Gasteiger partial charge in [0, 0.05) is 12.6 Å². The van der Waals surface area contributed by atoms with E-state index in [1.807, 2.05) is 30.3 Å². The van der Waals surface area contributed by atoms with Gasteiger partial charge in [0.15, 0.2) is 5.78 Å². The normalized spacial score (nSPS) is 10.8. The van der Waals surface area contributed by atoms with Crippen LogP contribution < -0.4 is 5.32 Å². The number of ketones is 1. The number of carbonyl (C=O) groups is 1. The molecular formula is C19H16ClN3O3S. The fourth-order valence-corrected chi connectivity index (χ4v) is 3.72. The summed E-state index contributed by atoms with van der Waals surface area (Å²) >= 11 is 7.57. The van der Waals surface area contributed by atoms with Crippen molar-refractivity contribution >= 4 is 51.4 Å². The van der Waals surface area contributed by atoms with Crippen molar-refractivity contribution in [2.75, 3.05) is 11.6 Å². The largest absolute Gasteiger partial charge is 0.380 e. The molecule has 8 heteroatoms. The lowest BCUT2D eigenvalue weighted by atomic mass is 10.0. The zero-order chi connectivity index (χ0) is 19.6. The van der Waals surface area contributed by atoms with E-state index >= 15 is 0 Å². The molecule has 0 unspecified atom stereocenters. The van der Waals surface area contributed by atoms with Gasteiger partial charge in [-0.15, -0.1) is 11.8 Å². The van der Waals surface area contributed by atoms with Gasteiger partial charge in [-0.1, -0.05) is 41.9 Å². The number of thioether (sulfide) groups is 1. The fraction of sp³-hybridized carbons (Fsp3) is 0.158. The van der Waals surface area contributed by atoms with Crippen molar-refractivity contribution in [3.8, 4) is 0 Å². The lowest BCUT2D eigenvalue weighted by Crippen LogP contribution is -2.10. The average Bonchev–Trinajstić information content (AvgIpc) is 2.66. The van der Waals surface area contributed by atoms with Crippen LogP contribution >= 0.6 is 23.4 Å². The van der Waals surface area contributed by atoms with Crippen molar-refractivity contribution in [2.24, 2.45) is 0 Å². The van der Waals surface area contributed by atoms with Gasteiger partial charge >= 0.3 is 0 Å². The van der Waals surface area contributed by atoms with Gasteiger partial charge in [-0.3, -0.25) is 14.9 Å². The molecule has 27 heavy (non-hydrogen) atoms. The molecule has 0 aliphatic rings. The third kappa shape index (κ3) is 3.74. The molecule has 0 radical (unpaired) electrons. The van der Waals surface area contributed by atoms with E-state index in [9.17, 15) is 14.9 Å². The zero-order valence-electron chi connectivity index (χ0n) is 14.7. The molecule has 1 N–H and O–H groups in total. The monoisotopic (exact) mass is 401 g/mol. The van der Waals surface area contributed by atoms with Crippen LogP contribution in [0.25, 0.3) is 10.9 Å². The molecule has 0 saturated carbocycles. The Morgan fingerprint density at radius 3 is 2.56 bits per heavy atom. The molecule has 0 aliphatic heterocycles. The Morgan fingerprint density at radius 1 is 1.26 bits per heavy atom. The van der Waals surface area contributed by atoms with Gasteiger partial charge in [0.2, 0.25) is 0 Å². The van der Waals surface area contributed by atoms with E-state index in [0.29, 0.717) is 33.4 Å². The minimum absolute atomic E-state index is 0.146. The Kier molecular flexibility index (Phi) is 5.62. The topological polar surface area (TPSA) is 85.1 Å². The summed E-state index contributed by atoms with van der Waals surface area (Å²) in [5.41, 5.74) is 1.85. The quantitative estimate of drug-likeness (QED) is 0.260. The van der Waals surface area contributed by atoms with Gasteiger partial charge < -0.3 is 5.32 Å². The van der Waals surface area contributed by atoms with Crippen LogP contribution in [0.4, 0.5) is 11.4 Å². The van der Waals surface area contributed by atoms with Crippen LogP contribution in [0.5, 0.6) is 0 Å². The van der Waals surface area contributed by atoms with Crippen LogP contribution in [0, 0.1) is 10.1 Å². The molecule has 0 amide bonds. The highest BCUT2D eigenvalue weighted by molar-refractivity contribution is 7.98. The first-order valence-corrected chi connectivity index (χ1v) is 9.67. The summed E-state index contributed by atoms with van der Waals surface area (Å²) < 4.78 is 0. The second-order valence-electron chi connectivity index (χ2n) is 5.81. The number of anilines is 1. The first-order chi connectivity index (χ1) is 12.9. The number of nitrogens with one attached hydrogen (secondary N) is 1. The fourth-order valence-electron chi connectivity index (χ4n) is 2.89. The number of non-ortho nitro benzene ring substituents is 1. The van der Waals surface area contributed by atoms with Gasteiger partial charge in [-0.05, 0) is 24.8 Å². The summed E-state index contributed by atoms with van der Waals surface area (Å²) in [6, 6.07) is 12.4. The lowest BCUT2D eigenvalue weighted by Gasteiger charge is -2.17. The highest BCUT2D eigenvalue weighted by atomic mass is 35.5. The van der Waals surface area contributed by atoms with Crippen molar-refractivity contribution in [1.82, 2.24) is 4.98 Å². The smallest absolute Gasteiger partial charge is 0.281 e. The Labute approximate surface area is 165 Å². The van der Waals surface area contributed by atoms with Crippen LogP contribution in [-0.2, 0) is 6.54 Å². The van der Waals surface area contributed by atoms with Crippen LogP contribution in [0.1, 0.15) is 22.8 Å². The van der Waals surface area contributed by atoms with E-state index in [1.165, 1.54) is 30.8 Å². The summed E-state index contributed by atoms with van der Waals surface area (Å²) in [6.45, 7) is 1.82. The maximum atomic E-state index is 12.4. The first-order valence-electron chi connectivity index (χ1n) is 8.07. The number of rotatable bonds is 6. The molecule has 1 aromatic heterocycles. The molecular weight excluding hydrogens is 386 g/mol. The number of aromatic nitrogens is 1. The summed E-state index contributed by atoms with van der Waals surface area (Å²) in [5, 5.41) is 15.8. The first kappa shape index (κ1) is 19.1. The van der Waals surface area contributed by atoms with E-state index in [1.54, 1.807) is 6.26 Å². The van der Waals surface area contributed by atoms with E-state index < -0.39 is 4.92 Å². The number of pyridine rings is 1. The minimum atomic E-state index is -0.489. The molecule has 3 aromatic rings. The number of nitrogens with zero attached hydrogens (tertiary/aromatic N) is 2. The number of Topliss-reactive ketones (excluding diaryl/α,β-unsaturated/α-hetero) is 1. The second kappa shape index (κ2) is 7.94. The molecule has 3 rings (SSSR count). The SMILES string of the molecule is CSc1nc2c(Cl)ccc([N+](=O)[O-])c2c(NCc2ccccc2)c1C(C)=O. The molecule has 0 bridgehead atoms. The van der Waals surface area contributed by atoms with E-state index in [2.05, 4.69) is 10.3 Å². The molecule has 0 fully saturated rings. The van der Waals surface area contributed by atoms with Gasteiger partial charge in [-0.25, -0.2) is 4.98 Å². The number of fused-ring (bicyclic) bond motifs is 1. The van der Waals surface area contributed by atoms with Crippen LogP contribution in [0.2, 0.25) is 5.02 Å². The van der Waals surface area contributed by atoms with Crippen molar-refractivity contribution < 1.29 is 9.72 Å². The van der Waals surface area contributed by atoms with Crippen molar-refractivity contribution in [1.29, 1.82) is 0 Å². The number of nitro benzene ring substituents is 1. The van der Waals surface area contributed by atoms with Gasteiger partial charge in [0.05, 0.1) is 26.7 Å². The predicted octanol–water partition coefficient (Wildman–Crippen LogP) is 5.33. The Balaban J connectivity index is 2.31. The lowest BCUT2D eigenvalue weighted by molar-refractivity contribution is -0.383. The van der Waals surface area contributed by atoms with Crippen molar-refractivity contribution in [2.45, 2.75) is 18.5 Å². The van der Waals surface area contributed by atoms with Gasteiger partial charge in [-0.2, -0.15) is 0 Å². The van der Waals surface area contributed by atoms with Crippen molar-refractivity contribution in [3.05, 3.63) is 68.7 Å². The molecule has 0 aliphatic carbocycles. The van der Waals surface area contributed by atoms with E-state index in [0.717, 1.165) is 5.56 Å². The molecule has 1 heterocycles. The molecule has 0 atom stereocenters. The second-order valence-corrected chi connectivity index (χ2v) is 7.02. The Morgan fingerprint density at radius 2 is 1.96 bits per heavy atom. The number of carbonyl (C=O) groups excluding carboxylic acids is 1. The Hall–Kier alpha value is -2.64. The highest BCUT2D eigenvalue weighted by Crippen LogP contribution is 2.40. The third-order valence-corrected chi connectivity index (χ3v) is 5.08. The summed E-state index contributed by atoms with van der Waals surface area (Å²) in [6.07, 6.45) is 1.80. The molecule has 0 saturated heterocycles. The Bertz CT molecular complexity index is 1040. The van der Waals surface area contributed by atoms with Crippen LogP contribution in [-0.4, -0.2) is 21.9 Å². The maximum Gasteiger partial charge on any atom is 0.281 e. The molecule has 0 spiro atoms. The molecule has 138 valence electrons. The number of hydrogen-bond donors (Lipinski definition) is 1. The number of benzene rings is 2. The number of nitro groups is 1. The summed E-state index contributed by atoms with van der Waals surface area (Å²) in [5.74, 6) is -0.224. The molecule has 2 aromatic carbocycles. The zero-order valence-corrected chi connectivity index (χ0v) is 16.2. The summed E-state index contributed by atoms with van der Waals surface area (Å²) in [4.78, 5) is 27.9. The molecule has 6 nitrogen and oxygen atoms in total.